The lowest BCUT2D eigenvalue weighted by Gasteiger charge is -2.15. The highest BCUT2D eigenvalue weighted by molar-refractivity contribution is 5.80. The zero-order chi connectivity index (χ0) is 14.3. The second kappa shape index (κ2) is 13.7. The van der Waals surface area contributed by atoms with Gasteiger partial charge in [0.2, 0.25) is 0 Å². The van der Waals surface area contributed by atoms with Crippen LogP contribution in [0.4, 0.5) is 0 Å². The fourth-order valence-electron chi connectivity index (χ4n) is 2.22. The van der Waals surface area contributed by atoms with E-state index < -0.39 is 0 Å². The second-order valence-corrected chi connectivity index (χ2v) is 5.33. The van der Waals surface area contributed by atoms with Gasteiger partial charge in [-0.25, -0.2) is 0 Å². The van der Waals surface area contributed by atoms with Gasteiger partial charge in [-0.15, -0.1) is 0 Å². The van der Waals surface area contributed by atoms with Gasteiger partial charge in [0, 0.05) is 12.5 Å². The molecule has 0 aliphatic carbocycles. The predicted molar refractivity (Wildman–Crippen MR) is 82.7 cm³/mol. The third-order valence-electron chi connectivity index (χ3n) is 3.54. The van der Waals surface area contributed by atoms with Crippen molar-refractivity contribution in [3.05, 3.63) is 0 Å². The number of nitrogens with one attached hydrogen (secondary N) is 1. The average Bonchev–Trinajstić information content (AvgIpc) is 2.43. The summed E-state index contributed by atoms with van der Waals surface area (Å²) in [7, 11) is 0. The van der Waals surface area contributed by atoms with Gasteiger partial charge in [-0.3, -0.25) is 0 Å². The standard InChI is InChI=1S/C15H33N3O/c1-3-5-6-7-8-9-10-11-12-17-14(4-2)13-15(16)18-19/h14,17,19H,3-13H2,1-2H3,(H2,16,18). The van der Waals surface area contributed by atoms with Crippen LogP contribution in [0, 0.1) is 0 Å². The molecule has 4 heteroatoms. The van der Waals surface area contributed by atoms with Gasteiger partial charge in [-0.05, 0) is 19.4 Å². The highest BCUT2D eigenvalue weighted by Gasteiger charge is 2.07. The van der Waals surface area contributed by atoms with Crippen LogP contribution >= 0.6 is 0 Å². The Morgan fingerprint density at radius 2 is 1.63 bits per heavy atom. The maximum Gasteiger partial charge on any atom is 0.140 e. The van der Waals surface area contributed by atoms with Crippen LogP contribution in [0.1, 0.15) is 78.1 Å². The van der Waals surface area contributed by atoms with Crippen LogP contribution in [-0.4, -0.2) is 23.6 Å². The Kier molecular flexibility index (Phi) is 13.1. The molecule has 19 heavy (non-hydrogen) atoms. The van der Waals surface area contributed by atoms with Crippen LogP contribution in [0.5, 0.6) is 0 Å². The van der Waals surface area contributed by atoms with Gasteiger partial charge in [-0.2, -0.15) is 0 Å². The Hall–Kier alpha value is -0.770. The fraction of sp³-hybridized carbons (Fsp3) is 0.933. The topological polar surface area (TPSA) is 70.6 Å². The number of nitrogens with zero attached hydrogens (tertiary/aromatic N) is 1. The maximum absolute atomic E-state index is 8.54. The Bertz CT molecular complexity index is 219. The zero-order valence-electron chi connectivity index (χ0n) is 12.8. The number of nitrogens with two attached hydrogens (primary N) is 1. The average molecular weight is 271 g/mol. The molecule has 0 saturated carbocycles. The van der Waals surface area contributed by atoms with Gasteiger partial charge < -0.3 is 16.3 Å². The Morgan fingerprint density at radius 3 is 2.16 bits per heavy atom. The van der Waals surface area contributed by atoms with Crippen LogP contribution in [0.3, 0.4) is 0 Å². The molecule has 1 unspecified atom stereocenters. The van der Waals surface area contributed by atoms with Crippen molar-refractivity contribution in [2.24, 2.45) is 10.9 Å². The van der Waals surface area contributed by atoms with E-state index in [0.29, 0.717) is 18.3 Å². The van der Waals surface area contributed by atoms with Crippen molar-refractivity contribution < 1.29 is 5.21 Å². The molecule has 0 heterocycles. The molecular weight excluding hydrogens is 238 g/mol. The van der Waals surface area contributed by atoms with E-state index in [4.69, 9.17) is 10.9 Å². The normalized spacial score (nSPS) is 13.7. The summed E-state index contributed by atoms with van der Waals surface area (Å²) in [5.74, 6) is 0.315. The summed E-state index contributed by atoms with van der Waals surface area (Å²) in [6.07, 6.45) is 12.4. The molecule has 0 aliphatic rings. The van der Waals surface area contributed by atoms with Crippen LogP contribution in [0.25, 0.3) is 0 Å². The van der Waals surface area contributed by atoms with E-state index in [1.807, 2.05) is 0 Å². The number of hydrogen-bond acceptors (Lipinski definition) is 3. The minimum Gasteiger partial charge on any atom is -0.409 e. The van der Waals surface area contributed by atoms with Crippen LogP contribution in [-0.2, 0) is 0 Å². The highest BCUT2D eigenvalue weighted by Crippen LogP contribution is 2.08. The Labute approximate surface area is 118 Å². The third kappa shape index (κ3) is 12.0. The monoisotopic (exact) mass is 271 g/mol. The molecule has 0 amide bonds. The van der Waals surface area contributed by atoms with Crippen molar-refractivity contribution in [2.75, 3.05) is 6.54 Å². The molecule has 0 rings (SSSR count). The summed E-state index contributed by atoms with van der Waals surface area (Å²) in [6, 6.07) is 0.334. The van der Waals surface area contributed by atoms with Crippen LogP contribution in [0.2, 0.25) is 0 Å². The number of unbranched alkanes of at least 4 members (excludes halogenated alkanes) is 7. The Morgan fingerprint density at radius 1 is 1.05 bits per heavy atom. The molecule has 1 atom stereocenters. The van der Waals surface area contributed by atoms with Gasteiger partial charge in [0.1, 0.15) is 5.84 Å². The third-order valence-corrected chi connectivity index (χ3v) is 3.54. The molecule has 0 spiro atoms. The van der Waals surface area contributed by atoms with Crippen molar-refractivity contribution in [1.82, 2.24) is 5.32 Å². The first-order chi connectivity index (χ1) is 9.24. The molecule has 0 aliphatic heterocycles. The number of rotatable bonds is 13. The summed E-state index contributed by atoms with van der Waals surface area (Å²) in [5.41, 5.74) is 5.52. The first-order valence-corrected chi connectivity index (χ1v) is 7.94. The van der Waals surface area contributed by atoms with Crippen molar-refractivity contribution in [2.45, 2.75) is 84.1 Å². The van der Waals surface area contributed by atoms with E-state index in [1.54, 1.807) is 0 Å². The summed E-state index contributed by atoms with van der Waals surface area (Å²) in [6.45, 7) is 5.41. The van der Waals surface area contributed by atoms with E-state index in [2.05, 4.69) is 24.3 Å². The Balaban J connectivity index is 3.36. The van der Waals surface area contributed by atoms with Gasteiger partial charge in [0.05, 0.1) is 0 Å². The van der Waals surface area contributed by atoms with E-state index in [9.17, 15) is 0 Å². The quantitative estimate of drug-likeness (QED) is 0.157. The minimum atomic E-state index is 0.315. The largest absolute Gasteiger partial charge is 0.409 e. The highest BCUT2D eigenvalue weighted by atomic mass is 16.4. The molecule has 0 radical (unpaired) electrons. The van der Waals surface area contributed by atoms with Crippen molar-refractivity contribution in [1.29, 1.82) is 0 Å². The fourth-order valence-corrected chi connectivity index (χ4v) is 2.22. The molecule has 0 bridgehead atoms. The van der Waals surface area contributed by atoms with Crippen molar-refractivity contribution in [3.8, 4) is 0 Å². The summed E-state index contributed by atoms with van der Waals surface area (Å²) in [4.78, 5) is 0. The molecule has 114 valence electrons. The second-order valence-electron chi connectivity index (χ2n) is 5.33. The SMILES string of the molecule is CCCCCCCCCCNC(CC)CC(N)=NO. The van der Waals surface area contributed by atoms with Gasteiger partial charge in [-0.1, -0.05) is 63.9 Å². The molecule has 0 aromatic rings. The first kappa shape index (κ1) is 18.2. The molecule has 4 nitrogen and oxygen atoms in total. The first-order valence-electron chi connectivity index (χ1n) is 7.94. The zero-order valence-corrected chi connectivity index (χ0v) is 12.8. The number of hydrogen-bond donors (Lipinski definition) is 3. The number of amidine groups is 1. The van der Waals surface area contributed by atoms with Gasteiger partial charge in [0.25, 0.3) is 0 Å². The van der Waals surface area contributed by atoms with Crippen LogP contribution in [0.15, 0.2) is 5.16 Å². The molecule has 0 saturated heterocycles. The van der Waals surface area contributed by atoms with E-state index in [0.717, 1.165) is 13.0 Å². The maximum atomic E-state index is 8.54. The van der Waals surface area contributed by atoms with Crippen LogP contribution < -0.4 is 11.1 Å². The lowest BCUT2D eigenvalue weighted by molar-refractivity contribution is 0.315. The van der Waals surface area contributed by atoms with E-state index >= 15 is 0 Å². The lowest BCUT2D eigenvalue weighted by Crippen LogP contribution is -2.33. The predicted octanol–water partition coefficient (Wildman–Crippen LogP) is 3.63. The molecule has 0 aromatic carbocycles. The summed E-state index contributed by atoms with van der Waals surface area (Å²) in [5, 5.41) is 15.0. The van der Waals surface area contributed by atoms with Crippen molar-refractivity contribution in [3.63, 3.8) is 0 Å². The summed E-state index contributed by atoms with van der Waals surface area (Å²) >= 11 is 0. The van der Waals surface area contributed by atoms with E-state index in [-0.39, 0.29) is 0 Å². The number of oxime groups is 1. The minimum absolute atomic E-state index is 0.315. The summed E-state index contributed by atoms with van der Waals surface area (Å²) < 4.78 is 0. The van der Waals surface area contributed by atoms with Gasteiger partial charge in [0.15, 0.2) is 0 Å². The molecule has 0 aromatic heterocycles. The molecular formula is C15H33N3O. The van der Waals surface area contributed by atoms with Gasteiger partial charge >= 0.3 is 0 Å². The molecule has 0 fully saturated rings. The smallest absolute Gasteiger partial charge is 0.140 e. The van der Waals surface area contributed by atoms with E-state index in [1.165, 1.54) is 51.4 Å². The van der Waals surface area contributed by atoms with Crippen molar-refractivity contribution >= 4 is 5.84 Å². The molecule has 4 N–H and O–H groups in total. The lowest BCUT2D eigenvalue weighted by atomic mass is 10.1.